The Morgan fingerprint density at radius 1 is 1.38 bits per heavy atom. The first-order valence-electron chi connectivity index (χ1n) is 5.83. The van der Waals surface area contributed by atoms with E-state index >= 15 is 0 Å². The molecule has 1 fully saturated rings. The van der Waals surface area contributed by atoms with Crippen molar-refractivity contribution in [2.24, 2.45) is 0 Å². The van der Waals surface area contributed by atoms with E-state index in [0.717, 1.165) is 30.8 Å². The predicted molar refractivity (Wildman–Crippen MR) is 73.3 cm³/mol. The second kappa shape index (κ2) is 5.37. The largest absolute Gasteiger partial charge is 0.258 e. The zero-order valence-electron chi connectivity index (χ0n) is 9.65. The van der Waals surface area contributed by atoms with Crippen molar-refractivity contribution in [2.75, 3.05) is 11.5 Å². The maximum Gasteiger partial charge on any atom is 0.0948 e. The molecule has 0 bridgehead atoms. The molecule has 1 aromatic rings. The Bertz CT molecular complexity index is 363. The third-order valence-corrected chi connectivity index (χ3v) is 6.94. The van der Waals surface area contributed by atoms with E-state index in [1.165, 1.54) is 5.56 Å². The molecule has 1 nitrogen and oxygen atoms in total. The SMILES string of the molecule is CCS[C@]1(Cc2ccccc2)CCCS1=O. The van der Waals surface area contributed by atoms with Gasteiger partial charge in [-0.1, -0.05) is 37.3 Å². The van der Waals surface area contributed by atoms with Crippen molar-refractivity contribution in [3.8, 4) is 0 Å². The van der Waals surface area contributed by atoms with Gasteiger partial charge in [0, 0.05) is 16.6 Å². The average Bonchev–Trinajstić information content (AvgIpc) is 2.62. The van der Waals surface area contributed by atoms with Crippen LogP contribution in [-0.4, -0.2) is 19.8 Å². The molecule has 0 radical (unpaired) electrons. The first-order valence-corrected chi connectivity index (χ1v) is 8.14. The molecule has 2 atom stereocenters. The van der Waals surface area contributed by atoms with Crippen LogP contribution in [0.1, 0.15) is 25.3 Å². The molecule has 1 aliphatic heterocycles. The van der Waals surface area contributed by atoms with Gasteiger partial charge < -0.3 is 0 Å². The lowest BCUT2D eigenvalue weighted by Crippen LogP contribution is -2.29. The molecule has 3 heteroatoms. The van der Waals surface area contributed by atoms with Gasteiger partial charge in [0.15, 0.2) is 0 Å². The van der Waals surface area contributed by atoms with Crippen molar-refractivity contribution in [1.29, 1.82) is 0 Å². The molecule has 0 saturated carbocycles. The van der Waals surface area contributed by atoms with E-state index < -0.39 is 10.8 Å². The zero-order chi connectivity index (χ0) is 11.4. The molecule has 2 rings (SSSR count). The summed E-state index contributed by atoms with van der Waals surface area (Å²) in [6.07, 6.45) is 3.18. The monoisotopic (exact) mass is 254 g/mol. The van der Waals surface area contributed by atoms with Crippen LogP contribution >= 0.6 is 11.8 Å². The highest BCUT2D eigenvalue weighted by Crippen LogP contribution is 2.42. The molecule has 16 heavy (non-hydrogen) atoms. The Labute approximate surface area is 104 Å². The van der Waals surface area contributed by atoms with Crippen molar-refractivity contribution < 1.29 is 4.21 Å². The summed E-state index contributed by atoms with van der Waals surface area (Å²) in [5.41, 5.74) is 1.32. The van der Waals surface area contributed by atoms with Crippen LogP contribution < -0.4 is 0 Å². The number of rotatable bonds is 4. The fourth-order valence-corrected chi connectivity index (χ4v) is 5.99. The first kappa shape index (κ1) is 12.2. The summed E-state index contributed by atoms with van der Waals surface area (Å²) in [6, 6.07) is 10.5. The minimum absolute atomic E-state index is 0.00387. The predicted octanol–water partition coefficient (Wildman–Crippen LogP) is 3.22. The molecule has 88 valence electrons. The summed E-state index contributed by atoms with van der Waals surface area (Å²) in [5.74, 6) is 1.94. The van der Waals surface area contributed by atoms with Crippen molar-refractivity contribution in [3.05, 3.63) is 35.9 Å². The maximum atomic E-state index is 12.2. The van der Waals surface area contributed by atoms with E-state index in [1.807, 2.05) is 17.8 Å². The van der Waals surface area contributed by atoms with Gasteiger partial charge in [0.05, 0.1) is 4.08 Å². The molecule has 0 amide bonds. The summed E-state index contributed by atoms with van der Waals surface area (Å²) in [6.45, 7) is 2.16. The van der Waals surface area contributed by atoms with Gasteiger partial charge in [-0.3, -0.25) is 4.21 Å². The molecule has 0 aliphatic carbocycles. The van der Waals surface area contributed by atoms with Crippen LogP contribution in [0.4, 0.5) is 0 Å². The lowest BCUT2D eigenvalue weighted by molar-refractivity contribution is 0.662. The van der Waals surface area contributed by atoms with E-state index in [1.54, 1.807) is 0 Å². The normalized spacial score (nSPS) is 29.4. The van der Waals surface area contributed by atoms with Crippen LogP contribution in [0.2, 0.25) is 0 Å². The van der Waals surface area contributed by atoms with Gasteiger partial charge in [-0.05, 0) is 30.6 Å². The van der Waals surface area contributed by atoms with Crippen LogP contribution in [-0.2, 0) is 17.2 Å². The van der Waals surface area contributed by atoms with Gasteiger partial charge in [0.25, 0.3) is 0 Å². The Kier molecular flexibility index (Phi) is 4.09. The van der Waals surface area contributed by atoms with Gasteiger partial charge in [0.1, 0.15) is 0 Å². The molecule has 1 aliphatic rings. The van der Waals surface area contributed by atoms with E-state index in [2.05, 4.69) is 31.2 Å². The van der Waals surface area contributed by atoms with Gasteiger partial charge >= 0.3 is 0 Å². The third-order valence-electron chi connectivity index (χ3n) is 3.03. The quantitative estimate of drug-likeness (QED) is 0.820. The highest BCUT2D eigenvalue weighted by Gasteiger charge is 2.40. The summed E-state index contributed by atoms with van der Waals surface area (Å²) in [4.78, 5) is 0. The van der Waals surface area contributed by atoms with Crippen molar-refractivity contribution in [2.45, 2.75) is 30.3 Å². The number of hydrogen-bond acceptors (Lipinski definition) is 2. The number of thioether (sulfide) groups is 1. The highest BCUT2D eigenvalue weighted by atomic mass is 32.2. The molecule has 1 saturated heterocycles. The second-order valence-corrected chi connectivity index (χ2v) is 7.95. The van der Waals surface area contributed by atoms with Crippen LogP contribution in [0.5, 0.6) is 0 Å². The molecule has 0 N–H and O–H groups in total. The lowest BCUT2D eigenvalue weighted by Gasteiger charge is -2.26. The average molecular weight is 254 g/mol. The summed E-state index contributed by atoms with van der Waals surface area (Å²) < 4.78 is 12.2. The Morgan fingerprint density at radius 3 is 2.69 bits per heavy atom. The van der Waals surface area contributed by atoms with E-state index in [0.29, 0.717) is 0 Å². The Balaban J connectivity index is 2.18. The van der Waals surface area contributed by atoms with Gasteiger partial charge in [-0.2, -0.15) is 0 Å². The topological polar surface area (TPSA) is 17.1 Å². The lowest BCUT2D eigenvalue weighted by atomic mass is 10.1. The van der Waals surface area contributed by atoms with E-state index in [-0.39, 0.29) is 4.08 Å². The minimum atomic E-state index is -0.657. The second-order valence-electron chi connectivity index (χ2n) is 4.16. The Morgan fingerprint density at radius 2 is 2.12 bits per heavy atom. The van der Waals surface area contributed by atoms with Crippen LogP contribution in [0.3, 0.4) is 0 Å². The minimum Gasteiger partial charge on any atom is -0.258 e. The summed E-state index contributed by atoms with van der Waals surface area (Å²) in [7, 11) is -0.657. The Hall–Kier alpha value is -0.280. The maximum absolute atomic E-state index is 12.2. The van der Waals surface area contributed by atoms with Gasteiger partial charge in [0.2, 0.25) is 0 Å². The smallest absolute Gasteiger partial charge is 0.0948 e. The van der Waals surface area contributed by atoms with Crippen LogP contribution in [0, 0.1) is 0 Å². The standard InChI is InChI=1S/C13H18OS2/c1-2-15-13(9-6-10-16(13)14)11-12-7-4-3-5-8-12/h3-5,7-8H,2,6,9-11H2,1H3/t13-,16?/m1/s1. The molecule has 1 aromatic carbocycles. The third kappa shape index (κ3) is 2.51. The van der Waals surface area contributed by atoms with Crippen LogP contribution in [0.15, 0.2) is 30.3 Å². The molecular formula is C13H18OS2. The molecule has 1 heterocycles. The molecule has 0 aromatic heterocycles. The zero-order valence-corrected chi connectivity index (χ0v) is 11.3. The van der Waals surface area contributed by atoms with Gasteiger partial charge in [-0.25, -0.2) is 0 Å². The van der Waals surface area contributed by atoms with Crippen molar-refractivity contribution >= 4 is 22.6 Å². The van der Waals surface area contributed by atoms with Gasteiger partial charge in [-0.15, -0.1) is 11.8 Å². The van der Waals surface area contributed by atoms with Crippen molar-refractivity contribution in [3.63, 3.8) is 0 Å². The molecule has 1 unspecified atom stereocenters. The summed E-state index contributed by atoms with van der Waals surface area (Å²) in [5, 5.41) is 0. The number of benzene rings is 1. The molecule has 0 spiro atoms. The fraction of sp³-hybridized carbons (Fsp3) is 0.538. The van der Waals surface area contributed by atoms with Crippen LogP contribution in [0.25, 0.3) is 0 Å². The number of hydrogen-bond donors (Lipinski definition) is 0. The molecular weight excluding hydrogens is 236 g/mol. The highest BCUT2D eigenvalue weighted by molar-refractivity contribution is 8.12. The first-order chi connectivity index (χ1) is 7.77. The fourth-order valence-electron chi connectivity index (χ4n) is 2.30. The van der Waals surface area contributed by atoms with E-state index in [9.17, 15) is 4.21 Å². The van der Waals surface area contributed by atoms with Crippen molar-refractivity contribution in [1.82, 2.24) is 0 Å². The summed E-state index contributed by atoms with van der Waals surface area (Å²) >= 11 is 1.89. The van der Waals surface area contributed by atoms with E-state index in [4.69, 9.17) is 0 Å².